The number of aryl methyl sites for hydroxylation is 2. The fraction of sp³-hybridized carbons (Fsp3) is 0.800. The van der Waals surface area contributed by atoms with Gasteiger partial charge < -0.3 is 15.5 Å². The number of likely N-dealkylation sites (N-methyl/N-ethyl adjacent to an activating group) is 1. The van der Waals surface area contributed by atoms with Crippen LogP contribution in [0.4, 0.5) is 0 Å². The molecule has 0 bridgehead atoms. The molecule has 1 aromatic rings. The molecular weight excluding hydrogens is 481 g/mol. The van der Waals surface area contributed by atoms with Crippen LogP contribution in [0.25, 0.3) is 0 Å². The third-order valence-corrected chi connectivity index (χ3v) is 5.86. The van der Waals surface area contributed by atoms with Gasteiger partial charge in [-0.05, 0) is 25.2 Å². The van der Waals surface area contributed by atoms with Crippen LogP contribution >= 0.6 is 24.0 Å². The van der Waals surface area contributed by atoms with E-state index in [-0.39, 0.29) is 42.5 Å². The van der Waals surface area contributed by atoms with E-state index in [1.54, 1.807) is 19.0 Å². The maximum absolute atomic E-state index is 12.0. The van der Waals surface area contributed by atoms with Crippen LogP contribution in [-0.4, -0.2) is 64.3 Å². The smallest absolute Gasteiger partial charge is 0.243 e. The standard InChI is InChI=1S/C20H35N7O.HI/c1-5-17-24-18-11-10-15(13-27(18)25-17)22-20(21-12-19(28)26(3)4)23-16-9-7-6-8-14(16)2;/h14-16H,5-13H2,1-4H3,(H2,21,22,23);1H. The molecule has 1 aliphatic heterocycles. The Morgan fingerprint density at radius 2 is 2.00 bits per heavy atom. The number of aromatic nitrogens is 3. The van der Waals surface area contributed by atoms with Gasteiger partial charge in [-0.3, -0.25) is 4.79 Å². The molecule has 8 nitrogen and oxygen atoms in total. The second-order valence-electron chi connectivity index (χ2n) is 8.33. The lowest BCUT2D eigenvalue weighted by atomic mass is 9.86. The summed E-state index contributed by atoms with van der Waals surface area (Å²) in [6.07, 6.45) is 7.71. The van der Waals surface area contributed by atoms with Crippen LogP contribution in [0.2, 0.25) is 0 Å². The normalized spacial score (nSPS) is 24.3. The van der Waals surface area contributed by atoms with E-state index in [1.807, 2.05) is 4.68 Å². The number of rotatable bonds is 5. The number of halogens is 1. The number of nitrogens with one attached hydrogen (secondary N) is 2. The van der Waals surface area contributed by atoms with E-state index in [0.29, 0.717) is 12.0 Å². The van der Waals surface area contributed by atoms with Crippen LogP contribution in [0.3, 0.4) is 0 Å². The summed E-state index contributed by atoms with van der Waals surface area (Å²) in [5, 5.41) is 11.8. The molecule has 164 valence electrons. The van der Waals surface area contributed by atoms with Crippen molar-refractivity contribution >= 4 is 35.8 Å². The Morgan fingerprint density at radius 1 is 1.24 bits per heavy atom. The predicted octanol–water partition coefficient (Wildman–Crippen LogP) is 1.98. The van der Waals surface area contributed by atoms with Crippen molar-refractivity contribution < 1.29 is 4.79 Å². The molecule has 1 aromatic heterocycles. The van der Waals surface area contributed by atoms with Crippen molar-refractivity contribution in [3.63, 3.8) is 0 Å². The van der Waals surface area contributed by atoms with Crippen molar-refractivity contribution in [1.29, 1.82) is 0 Å². The number of nitrogens with zero attached hydrogens (tertiary/aromatic N) is 5. The zero-order chi connectivity index (χ0) is 20.1. The van der Waals surface area contributed by atoms with Gasteiger partial charge in [0.1, 0.15) is 12.4 Å². The monoisotopic (exact) mass is 517 g/mol. The Labute approximate surface area is 191 Å². The summed E-state index contributed by atoms with van der Waals surface area (Å²) in [6.45, 7) is 5.32. The van der Waals surface area contributed by atoms with Gasteiger partial charge in [0.15, 0.2) is 11.8 Å². The molecule has 2 aliphatic rings. The Hall–Kier alpha value is -1.39. The lowest BCUT2D eigenvalue weighted by Gasteiger charge is -2.33. The highest BCUT2D eigenvalue weighted by Crippen LogP contribution is 2.23. The van der Waals surface area contributed by atoms with Gasteiger partial charge in [-0.25, -0.2) is 14.7 Å². The Morgan fingerprint density at radius 3 is 2.69 bits per heavy atom. The molecule has 0 aromatic carbocycles. The third-order valence-electron chi connectivity index (χ3n) is 5.86. The van der Waals surface area contributed by atoms with E-state index in [2.05, 4.69) is 39.6 Å². The van der Waals surface area contributed by atoms with E-state index in [9.17, 15) is 4.79 Å². The highest BCUT2D eigenvalue weighted by atomic mass is 127. The zero-order valence-electron chi connectivity index (χ0n) is 18.1. The average Bonchev–Trinajstić information content (AvgIpc) is 3.10. The van der Waals surface area contributed by atoms with E-state index >= 15 is 0 Å². The van der Waals surface area contributed by atoms with Crippen LogP contribution in [0, 0.1) is 5.92 Å². The summed E-state index contributed by atoms with van der Waals surface area (Å²) in [5.41, 5.74) is 0. The van der Waals surface area contributed by atoms with Gasteiger partial charge in [0.05, 0.1) is 6.54 Å². The maximum Gasteiger partial charge on any atom is 0.243 e. The largest absolute Gasteiger partial charge is 0.353 e. The summed E-state index contributed by atoms with van der Waals surface area (Å²) < 4.78 is 2.02. The zero-order valence-corrected chi connectivity index (χ0v) is 20.5. The molecule has 1 fully saturated rings. The first-order chi connectivity index (χ1) is 13.5. The highest BCUT2D eigenvalue weighted by molar-refractivity contribution is 14.0. The van der Waals surface area contributed by atoms with Crippen LogP contribution < -0.4 is 10.6 Å². The van der Waals surface area contributed by atoms with Gasteiger partial charge in [0.25, 0.3) is 0 Å². The van der Waals surface area contributed by atoms with E-state index < -0.39 is 0 Å². The molecule has 0 saturated heterocycles. The quantitative estimate of drug-likeness (QED) is 0.355. The van der Waals surface area contributed by atoms with Crippen molar-refractivity contribution in [3.8, 4) is 0 Å². The fourth-order valence-corrected chi connectivity index (χ4v) is 3.95. The molecule has 1 amide bonds. The number of hydrogen-bond acceptors (Lipinski definition) is 4. The number of carbonyl (C=O) groups is 1. The Balaban J connectivity index is 0.00000300. The molecule has 29 heavy (non-hydrogen) atoms. The summed E-state index contributed by atoms with van der Waals surface area (Å²) in [7, 11) is 3.53. The topological polar surface area (TPSA) is 87.4 Å². The number of hydrogen-bond donors (Lipinski definition) is 2. The SMILES string of the molecule is CCc1nc2n(n1)CC(NC(=NCC(=O)N(C)C)NC1CCCCC1C)CC2.I. The van der Waals surface area contributed by atoms with Crippen molar-refractivity contribution in [3.05, 3.63) is 11.6 Å². The molecule has 2 heterocycles. The lowest BCUT2D eigenvalue weighted by Crippen LogP contribution is -2.52. The Bertz CT molecular complexity index is 703. The van der Waals surface area contributed by atoms with Crippen molar-refractivity contribution in [2.24, 2.45) is 10.9 Å². The lowest BCUT2D eigenvalue weighted by molar-refractivity contribution is -0.127. The van der Waals surface area contributed by atoms with E-state index in [1.165, 1.54) is 19.3 Å². The van der Waals surface area contributed by atoms with Crippen LogP contribution in [0.5, 0.6) is 0 Å². The van der Waals surface area contributed by atoms with Gasteiger partial charge in [0.2, 0.25) is 5.91 Å². The predicted molar refractivity (Wildman–Crippen MR) is 126 cm³/mol. The molecule has 1 saturated carbocycles. The fourth-order valence-electron chi connectivity index (χ4n) is 3.95. The minimum atomic E-state index is 0. The maximum atomic E-state index is 12.0. The second kappa shape index (κ2) is 11.1. The number of aliphatic imine (C=N–C) groups is 1. The van der Waals surface area contributed by atoms with Crippen molar-refractivity contribution in [2.75, 3.05) is 20.6 Å². The molecule has 3 atom stereocenters. The third kappa shape index (κ3) is 6.55. The minimum absolute atomic E-state index is 0. The number of guanidine groups is 1. The molecular formula is C20H36IN7O. The molecule has 3 unspecified atom stereocenters. The van der Waals surface area contributed by atoms with Crippen molar-refractivity contribution in [1.82, 2.24) is 30.3 Å². The average molecular weight is 517 g/mol. The minimum Gasteiger partial charge on any atom is -0.353 e. The van der Waals surface area contributed by atoms with Gasteiger partial charge in [-0.15, -0.1) is 24.0 Å². The number of carbonyl (C=O) groups excluding carboxylic acids is 1. The molecule has 0 spiro atoms. The first-order valence-electron chi connectivity index (χ1n) is 10.7. The van der Waals surface area contributed by atoms with E-state index in [0.717, 1.165) is 49.8 Å². The molecule has 0 radical (unpaired) electrons. The van der Waals surface area contributed by atoms with Gasteiger partial charge in [-0.1, -0.05) is 26.7 Å². The first kappa shape index (κ1) is 23.9. The highest BCUT2D eigenvalue weighted by Gasteiger charge is 2.25. The summed E-state index contributed by atoms with van der Waals surface area (Å²) in [5.74, 6) is 3.36. The summed E-state index contributed by atoms with van der Waals surface area (Å²) >= 11 is 0. The summed E-state index contributed by atoms with van der Waals surface area (Å²) in [4.78, 5) is 22.8. The molecule has 3 rings (SSSR count). The summed E-state index contributed by atoms with van der Waals surface area (Å²) in [6, 6.07) is 0.644. The number of amides is 1. The first-order valence-corrected chi connectivity index (χ1v) is 10.7. The van der Waals surface area contributed by atoms with Crippen LogP contribution in [0.15, 0.2) is 4.99 Å². The Kier molecular flexibility index (Phi) is 9.16. The van der Waals surface area contributed by atoms with Crippen molar-refractivity contribution in [2.45, 2.75) is 77.4 Å². The second-order valence-corrected chi connectivity index (χ2v) is 8.33. The molecule has 1 aliphatic carbocycles. The number of fused-ring (bicyclic) bond motifs is 1. The van der Waals surface area contributed by atoms with E-state index in [4.69, 9.17) is 0 Å². The van der Waals surface area contributed by atoms with Crippen LogP contribution in [0.1, 0.15) is 57.6 Å². The van der Waals surface area contributed by atoms with Gasteiger partial charge in [0, 0.05) is 39.0 Å². The molecule has 2 N–H and O–H groups in total. The van der Waals surface area contributed by atoms with Gasteiger partial charge >= 0.3 is 0 Å². The van der Waals surface area contributed by atoms with Gasteiger partial charge in [-0.2, -0.15) is 5.10 Å². The van der Waals surface area contributed by atoms with Crippen LogP contribution in [-0.2, 0) is 24.2 Å². The molecule has 9 heteroatoms.